The van der Waals surface area contributed by atoms with Crippen LogP contribution in [0.25, 0.3) is 0 Å². The van der Waals surface area contributed by atoms with Crippen LogP contribution in [-0.2, 0) is 9.53 Å². The van der Waals surface area contributed by atoms with Crippen LogP contribution in [0.15, 0.2) is 47.4 Å². The molecule has 0 aliphatic carbocycles. The number of hydrogen-bond acceptors (Lipinski definition) is 6. The molecule has 6 nitrogen and oxygen atoms in total. The van der Waals surface area contributed by atoms with Crippen molar-refractivity contribution in [1.29, 1.82) is 5.26 Å². The molecule has 2 aromatic carbocycles. The molecule has 0 saturated heterocycles. The van der Waals surface area contributed by atoms with Crippen molar-refractivity contribution < 1.29 is 19.1 Å². The molecule has 0 fully saturated rings. The quantitative estimate of drug-likeness (QED) is 0.632. The minimum Gasteiger partial charge on any atom is -0.496 e. The number of nitrogens with one attached hydrogen (secondary N) is 1. The first-order valence-electron chi connectivity index (χ1n) is 7.27. The first-order valence-corrected chi connectivity index (χ1v) is 8.49. The summed E-state index contributed by atoms with van der Waals surface area (Å²) in [5.41, 5.74) is 0.940. The molecule has 2 aromatic rings. The van der Waals surface area contributed by atoms with E-state index in [4.69, 9.17) is 14.7 Å². The van der Waals surface area contributed by atoms with E-state index in [0.29, 0.717) is 17.0 Å². The molecule has 7 heteroatoms. The Morgan fingerprint density at radius 1 is 1.24 bits per heavy atom. The van der Waals surface area contributed by atoms with Crippen molar-refractivity contribution in [1.82, 2.24) is 0 Å². The van der Waals surface area contributed by atoms with Gasteiger partial charge in [-0.05, 0) is 36.6 Å². The molecule has 0 bridgehead atoms. The largest absolute Gasteiger partial charge is 0.496 e. The van der Waals surface area contributed by atoms with Gasteiger partial charge in [0.15, 0.2) is 6.61 Å². The summed E-state index contributed by atoms with van der Waals surface area (Å²) in [7, 11) is 1.46. The number of ether oxygens (including phenoxy) is 2. The van der Waals surface area contributed by atoms with E-state index in [1.165, 1.54) is 18.9 Å². The number of para-hydroxylation sites is 1. The maximum Gasteiger partial charge on any atom is 0.342 e. The van der Waals surface area contributed by atoms with Crippen LogP contribution in [0.5, 0.6) is 5.75 Å². The number of hydrogen-bond donors (Lipinski definition) is 1. The maximum absolute atomic E-state index is 12.2. The van der Waals surface area contributed by atoms with Gasteiger partial charge in [0.25, 0.3) is 5.91 Å². The minimum atomic E-state index is -0.659. The standard InChI is InChI=1S/C18H16N2O4S/c1-23-16-9-13(25-2)7-8-14(16)18(22)24-11-17(21)20-15-6-4-3-5-12(15)10-19/h3-9H,11H2,1-2H3,(H,20,21). The monoisotopic (exact) mass is 356 g/mol. The fraction of sp³-hybridized carbons (Fsp3) is 0.167. The Kier molecular flexibility index (Phi) is 6.43. The summed E-state index contributed by atoms with van der Waals surface area (Å²) < 4.78 is 10.2. The number of rotatable bonds is 6. The predicted octanol–water partition coefficient (Wildman–Crippen LogP) is 3.08. The van der Waals surface area contributed by atoms with Gasteiger partial charge >= 0.3 is 5.97 Å². The molecule has 0 heterocycles. The van der Waals surface area contributed by atoms with Crippen LogP contribution in [0.4, 0.5) is 5.69 Å². The van der Waals surface area contributed by atoms with Crippen LogP contribution >= 0.6 is 11.8 Å². The van der Waals surface area contributed by atoms with Crippen molar-refractivity contribution >= 4 is 29.3 Å². The van der Waals surface area contributed by atoms with Crippen LogP contribution < -0.4 is 10.1 Å². The van der Waals surface area contributed by atoms with Crippen LogP contribution in [0.3, 0.4) is 0 Å². The number of benzene rings is 2. The van der Waals surface area contributed by atoms with E-state index in [1.807, 2.05) is 12.3 Å². The highest BCUT2D eigenvalue weighted by Crippen LogP contribution is 2.25. The number of amides is 1. The van der Waals surface area contributed by atoms with Gasteiger partial charge in [0.2, 0.25) is 0 Å². The van der Waals surface area contributed by atoms with Crippen LogP contribution in [-0.4, -0.2) is 31.8 Å². The normalized spacial score (nSPS) is 9.80. The van der Waals surface area contributed by atoms with E-state index < -0.39 is 18.5 Å². The summed E-state index contributed by atoms with van der Waals surface area (Å²) in [5, 5.41) is 11.5. The van der Waals surface area contributed by atoms with Gasteiger partial charge in [0, 0.05) is 4.90 Å². The fourth-order valence-electron chi connectivity index (χ4n) is 2.05. The Morgan fingerprint density at radius 2 is 2.00 bits per heavy atom. The molecule has 2 rings (SSSR count). The highest BCUT2D eigenvalue weighted by Gasteiger charge is 2.16. The lowest BCUT2D eigenvalue weighted by Crippen LogP contribution is -2.21. The number of carbonyl (C=O) groups excluding carboxylic acids is 2. The zero-order valence-electron chi connectivity index (χ0n) is 13.7. The number of methoxy groups -OCH3 is 1. The van der Waals surface area contributed by atoms with Crippen molar-refractivity contribution in [3.8, 4) is 11.8 Å². The molecule has 128 valence electrons. The van der Waals surface area contributed by atoms with Gasteiger partial charge in [-0.1, -0.05) is 12.1 Å². The van der Waals surface area contributed by atoms with Gasteiger partial charge in [-0.25, -0.2) is 4.79 Å². The first kappa shape index (κ1) is 18.4. The van der Waals surface area contributed by atoms with Crippen LogP contribution in [0, 0.1) is 11.3 Å². The average molecular weight is 356 g/mol. The van der Waals surface area contributed by atoms with E-state index in [0.717, 1.165) is 4.90 Å². The molecule has 25 heavy (non-hydrogen) atoms. The van der Waals surface area contributed by atoms with Crippen LogP contribution in [0.2, 0.25) is 0 Å². The predicted molar refractivity (Wildman–Crippen MR) is 94.8 cm³/mol. The van der Waals surface area contributed by atoms with Crippen molar-refractivity contribution in [3.63, 3.8) is 0 Å². The zero-order chi connectivity index (χ0) is 18.2. The Balaban J connectivity index is 2.00. The molecule has 0 spiro atoms. The summed E-state index contributed by atoms with van der Waals surface area (Å²) in [4.78, 5) is 25.0. The molecule has 1 amide bonds. The number of esters is 1. The molecule has 0 aliphatic rings. The summed E-state index contributed by atoms with van der Waals surface area (Å²) in [6, 6.07) is 13.6. The fourth-order valence-corrected chi connectivity index (χ4v) is 2.48. The second-order valence-corrected chi connectivity index (χ2v) is 5.73. The number of nitrogens with zero attached hydrogens (tertiary/aromatic N) is 1. The average Bonchev–Trinajstić information content (AvgIpc) is 2.65. The lowest BCUT2D eigenvalue weighted by Gasteiger charge is -2.10. The second kappa shape index (κ2) is 8.76. The third-order valence-corrected chi connectivity index (χ3v) is 4.01. The zero-order valence-corrected chi connectivity index (χ0v) is 14.6. The molecule has 0 unspecified atom stereocenters. The highest BCUT2D eigenvalue weighted by atomic mass is 32.2. The summed E-state index contributed by atoms with van der Waals surface area (Å²) in [6.07, 6.45) is 1.91. The van der Waals surface area contributed by atoms with E-state index in [2.05, 4.69) is 5.32 Å². The third-order valence-electron chi connectivity index (χ3n) is 3.28. The number of thioether (sulfide) groups is 1. The van der Waals surface area contributed by atoms with Crippen molar-refractivity contribution in [2.75, 3.05) is 25.3 Å². The Hall–Kier alpha value is -2.98. The minimum absolute atomic E-state index is 0.241. The lowest BCUT2D eigenvalue weighted by molar-refractivity contribution is -0.119. The van der Waals surface area contributed by atoms with Crippen molar-refractivity contribution in [2.45, 2.75) is 4.90 Å². The van der Waals surface area contributed by atoms with Gasteiger partial charge < -0.3 is 14.8 Å². The lowest BCUT2D eigenvalue weighted by atomic mass is 10.2. The molecule has 0 aromatic heterocycles. The van der Waals surface area contributed by atoms with Crippen LogP contribution in [0.1, 0.15) is 15.9 Å². The van der Waals surface area contributed by atoms with E-state index in [9.17, 15) is 9.59 Å². The Labute approximate surface area is 149 Å². The Morgan fingerprint density at radius 3 is 2.68 bits per heavy atom. The summed E-state index contributed by atoms with van der Waals surface area (Å²) >= 11 is 1.52. The van der Waals surface area contributed by atoms with Gasteiger partial charge in [0.1, 0.15) is 17.4 Å². The topological polar surface area (TPSA) is 88.4 Å². The van der Waals surface area contributed by atoms with Crippen molar-refractivity contribution in [2.24, 2.45) is 0 Å². The smallest absolute Gasteiger partial charge is 0.342 e. The van der Waals surface area contributed by atoms with Gasteiger partial charge in [-0.15, -0.1) is 11.8 Å². The number of anilines is 1. The summed E-state index contributed by atoms with van der Waals surface area (Å²) in [6.45, 7) is -0.466. The molecule has 0 saturated carbocycles. The van der Waals surface area contributed by atoms with Crippen molar-refractivity contribution in [3.05, 3.63) is 53.6 Å². The van der Waals surface area contributed by atoms with E-state index in [1.54, 1.807) is 42.5 Å². The molecule has 0 aliphatic heterocycles. The number of nitriles is 1. The maximum atomic E-state index is 12.2. The highest BCUT2D eigenvalue weighted by molar-refractivity contribution is 7.98. The van der Waals surface area contributed by atoms with E-state index in [-0.39, 0.29) is 5.56 Å². The Bertz CT molecular complexity index is 830. The molecular weight excluding hydrogens is 340 g/mol. The first-order chi connectivity index (χ1) is 12.1. The summed E-state index contributed by atoms with van der Waals surface area (Å²) in [5.74, 6) is -0.809. The third kappa shape index (κ3) is 4.75. The second-order valence-electron chi connectivity index (χ2n) is 4.85. The van der Waals surface area contributed by atoms with Gasteiger partial charge in [0.05, 0.1) is 18.4 Å². The van der Waals surface area contributed by atoms with Gasteiger partial charge in [-0.2, -0.15) is 5.26 Å². The molecular formula is C18H16N2O4S. The molecule has 0 atom stereocenters. The SMILES string of the molecule is COc1cc(SC)ccc1C(=O)OCC(=O)Nc1ccccc1C#N. The molecule has 1 N–H and O–H groups in total. The number of carbonyl (C=O) groups is 2. The van der Waals surface area contributed by atoms with E-state index >= 15 is 0 Å². The van der Waals surface area contributed by atoms with Gasteiger partial charge in [-0.3, -0.25) is 4.79 Å². The molecule has 0 radical (unpaired) electrons.